The van der Waals surface area contributed by atoms with E-state index in [0.29, 0.717) is 36.5 Å². The van der Waals surface area contributed by atoms with Crippen molar-refractivity contribution in [2.75, 3.05) is 12.4 Å². The van der Waals surface area contributed by atoms with Gasteiger partial charge in [0.2, 0.25) is 0 Å². The standard InChI is InChI=1S/C24H35F3N6O4/c1-14(12-24(25,26)27)28-22(35)37-17-8-7-15(9-17)18-11-20(33(31-18)23(2,3)4)29-21(34)19-10-16(13-36-6)30-32(19)5/h10-11,14-15,17H,7-9,12-13H2,1-6H3,(H,28,35)(H,29,34)/t14-,15+,17-/m1/s1. The average molecular weight is 529 g/mol. The van der Waals surface area contributed by atoms with Crippen LogP contribution in [-0.2, 0) is 28.7 Å². The van der Waals surface area contributed by atoms with E-state index in [1.807, 2.05) is 26.8 Å². The van der Waals surface area contributed by atoms with Crippen molar-refractivity contribution in [2.24, 2.45) is 7.05 Å². The van der Waals surface area contributed by atoms with Crippen molar-refractivity contribution in [3.05, 3.63) is 29.2 Å². The maximum atomic E-state index is 13.0. The number of hydrogen-bond acceptors (Lipinski definition) is 6. The molecule has 206 valence electrons. The van der Waals surface area contributed by atoms with E-state index in [2.05, 4.69) is 15.7 Å². The smallest absolute Gasteiger partial charge is 0.407 e. The molecular formula is C24H35F3N6O4. The molecule has 0 spiro atoms. The molecule has 1 fully saturated rings. The van der Waals surface area contributed by atoms with Gasteiger partial charge >= 0.3 is 12.3 Å². The zero-order chi connectivity index (χ0) is 27.5. The predicted molar refractivity (Wildman–Crippen MR) is 129 cm³/mol. The molecule has 3 rings (SSSR count). The van der Waals surface area contributed by atoms with Crippen LogP contribution < -0.4 is 10.6 Å². The van der Waals surface area contributed by atoms with Crippen LogP contribution in [0.4, 0.5) is 23.8 Å². The summed E-state index contributed by atoms with van der Waals surface area (Å²) >= 11 is 0. The van der Waals surface area contributed by atoms with Gasteiger partial charge in [-0.15, -0.1) is 0 Å². The summed E-state index contributed by atoms with van der Waals surface area (Å²) in [7, 11) is 3.23. The van der Waals surface area contributed by atoms with E-state index in [4.69, 9.17) is 14.6 Å². The lowest BCUT2D eigenvalue weighted by atomic mass is 10.0. The number of aromatic nitrogens is 4. The van der Waals surface area contributed by atoms with Crippen LogP contribution in [0.1, 0.15) is 81.2 Å². The van der Waals surface area contributed by atoms with Gasteiger partial charge in [-0.1, -0.05) is 0 Å². The van der Waals surface area contributed by atoms with Crippen molar-refractivity contribution >= 4 is 17.8 Å². The van der Waals surface area contributed by atoms with Gasteiger partial charge in [-0.3, -0.25) is 9.48 Å². The van der Waals surface area contributed by atoms with Gasteiger partial charge in [-0.25, -0.2) is 9.48 Å². The van der Waals surface area contributed by atoms with E-state index in [0.717, 1.165) is 5.69 Å². The molecule has 1 aliphatic carbocycles. The lowest BCUT2D eigenvalue weighted by Gasteiger charge is -2.22. The van der Waals surface area contributed by atoms with Gasteiger partial charge in [0.25, 0.3) is 5.91 Å². The number of halogens is 3. The summed E-state index contributed by atoms with van der Waals surface area (Å²) in [4.78, 5) is 25.1. The Morgan fingerprint density at radius 1 is 1.19 bits per heavy atom. The number of rotatable bonds is 8. The summed E-state index contributed by atoms with van der Waals surface area (Å²) in [5.74, 6) is 0.145. The highest BCUT2D eigenvalue weighted by Gasteiger charge is 2.34. The van der Waals surface area contributed by atoms with E-state index in [9.17, 15) is 22.8 Å². The highest BCUT2D eigenvalue weighted by Crippen LogP contribution is 2.37. The van der Waals surface area contributed by atoms with Crippen molar-refractivity contribution in [2.45, 2.75) is 89.8 Å². The van der Waals surface area contributed by atoms with Gasteiger partial charge < -0.3 is 20.1 Å². The average Bonchev–Trinajstić information content (AvgIpc) is 3.44. The zero-order valence-electron chi connectivity index (χ0n) is 22.0. The molecule has 0 radical (unpaired) electrons. The number of aryl methyl sites for hydroxylation is 1. The van der Waals surface area contributed by atoms with Gasteiger partial charge in [-0.05, 0) is 53.0 Å². The molecule has 2 aromatic heterocycles. The van der Waals surface area contributed by atoms with Crippen molar-refractivity contribution in [1.29, 1.82) is 0 Å². The van der Waals surface area contributed by atoms with E-state index < -0.39 is 36.4 Å². The quantitative estimate of drug-likeness (QED) is 0.523. The molecule has 3 atom stereocenters. The first-order valence-electron chi connectivity index (χ1n) is 12.1. The summed E-state index contributed by atoms with van der Waals surface area (Å²) in [6.07, 6.45) is -5.06. The molecule has 2 amide bonds. The van der Waals surface area contributed by atoms with Crippen molar-refractivity contribution in [3.8, 4) is 0 Å². The van der Waals surface area contributed by atoms with Gasteiger partial charge in [0.05, 0.1) is 30.0 Å². The molecule has 1 saturated carbocycles. The van der Waals surface area contributed by atoms with Crippen LogP contribution in [0.2, 0.25) is 0 Å². The first-order valence-corrected chi connectivity index (χ1v) is 12.1. The number of amides is 2. The molecule has 2 heterocycles. The number of methoxy groups -OCH3 is 1. The molecule has 0 aliphatic heterocycles. The fraction of sp³-hybridized carbons (Fsp3) is 0.667. The predicted octanol–water partition coefficient (Wildman–Crippen LogP) is 4.47. The fourth-order valence-electron chi connectivity index (χ4n) is 4.44. The monoisotopic (exact) mass is 528 g/mol. The van der Waals surface area contributed by atoms with Crippen molar-refractivity contribution < 1.29 is 32.2 Å². The topological polar surface area (TPSA) is 112 Å². The molecule has 0 bridgehead atoms. The summed E-state index contributed by atoms with van der Waals surface area (Å²) < 4.78 is 51.2. The highest BCUT2D eigenvalue weighted by atomic mass is 19.4. The molecular weight excluding hydrogens is 493 g/mol. The third-order valence-corrected chi connectivity index (χ3v) is 6.04. The second kappa shape index (κ2) is 11.1. The first-order chi connectivity index (χ1) is 17.2. The number of nitrogens with one attached hydrogen (secondary N) is 2. The van der Waals surface area contributed by atoms with E-state index in [-0.39, 0.29) is 18.4 Å². The molecule has 0 aromatic carbocycles. The largest absolute Gasteiger partial charge is 0.446 e. The van der Waals surface area contributed by atoms with E-state index >= 15 is 0 Å². The zero-order valence-corrected chi connectivity index (χ0v) is 22.0. The Morgan fingerprint density at radius 2 is 1.89 bits per heavy atom. The van der Waals surface area contributed by atoms with Crippen LogP contribution in [0.3, 0.4) is 0 Å². The molecule has 13 heteroatoms. The fourth-order valence-corrected chi connectivity index (χ4v) is 4.44. The SMILES string of the molecule is COCc1cc(C(=O)Nc2cc([C@H]3CC[C@@H](OC(=O)N[C@H](C)CC(F)(F)F)C3)nn2C(C)(C)C)n(C)n1. The normalized spacial score (nSPS) is 19.1. The summed E-state index contributed by atoms with van der Waals surface area (Å²) in [6.45, 7) is 7.47. The molecule has 0 saturated heterocycles. The van der Waals surface area contributed by atoms with E-state index in [1.54, 1.807) is 24.9 Å². The Kier molecular flexibility index (Phi) is 8.56. The number of hydrogen-bond donors (Lipinski definition) is 2. The molecule has 10 nitrogen and oxygen atoms in total. The minimum atomic E-state index is -4.37. The number of nitrogens with zero attached hydrogens (tertiary/aromatic N) is 4. The molecule has 2 aromatic rings. The minimum absolute atomic E-state index is 0.0327. The molecule has 0 unspecified atom stereocenters. The Hall–Kier alpha value is -3.09. The summed E-state index contributed by atoms with van der Waals surface area (Å²) in [5.41, 5.74) is 1.31. The first kappa shape index (κ1) is 28.5. The summed E-state index contributed by atoms with van der Waals surface area (Å²) in [6, 6.07) is 2.40. The van der Waals surface area contributed by atoms with Crippen LogP contribution in [0.5, 0.6) is 0 Å². The number of alkyl carbamates (subject to hydrolysis) is 1. The highest BCUT2D eigenvalue weighted by molar-refractivity contribution is 6.02. The Morgan fingerprint density at radius 3 is 2.51 bits per heavy atom. The van der Waals surface area contributed by atoms with E-state index in [1.165, 1.54) is 11.6 Å². The van der Waals surface area contributed by atoms with Crippen LogP contribution in [0.15, 0.2) is 12.1 Å². The number of carbonyl (C=O) groups is 2. The lowest BCUT2D eigenvalue weighted by molar-refractivity contribution is -0.138. The van der Waals surface area contributed by atoms with Crippen LogP contribution >= 0.6 is 0 Å². The van der Waals surface area contributed by atoms with Gasteiger partial charge in [0.15, 0.2) is 0 Å². The molecule has 37 heavy (non-hydrogen) atoms. The maximum absolute atomic E-state index is 13.0. The lowest BCUT2D eigenvalue weighted by Crippen LogP contribution is -2.37. The minimum Gasteiger partial charge on any atom is -0.446 e. The van der Waals surface area contributed by atoms with Gasteiger partial charge in [0, 0.05) is 32.2 Å². The Bertz CT molecular complexity index is 1110. The van der Waals surface area contributed by atoms with Gasteiger partial charge in [-0.2, -0.15) is 23.4 Å². The third-order valence-electron chi connectivity index (χ3n) is 6.04. The van der Waals surface area contributed by atoms with Crippen LogP contribution in [0, 0.1) is 0 Å². The maximum Gasteiger partial charge on any atom is 0.407 e. The van der Waals surface area contributed by atoms with Crippen molar-refractivity contribution in [1.82, 2.24) is 24.9 Å². The Labute approximate surface area is 213 Å². The third kappa shape index (κ3) is 7.70. The van der Waals surface area contributed by atoms with Crippen LogP contribution in [-0.4, -0.2) is 57.0 Å². The van der Waals surface area contributed by atoms with Gasteiger partial charge in [0.1, 0.15) is 17.6 Å². The number of alkyl halides is 3. The number of ether oxygens (including phenoxy) is 2. The van der Waals surface area contributed by atoms with Crippen LogP contribution in [0.25, 0.3) is 0 Å². The Balaban J connectivity index is 1.68. The number of carbonyl (C=O) groups excluding carboxylic acids is 2. The van der Waals surface area contributed by atoms with Crippen molar-refractivity contribution in [3.63, 3.8) is 0 Å². The molecule has 2 N–H and O–H groups in total. The molecule has 1 aliphatic rings. The number of anilines is 1. The second-order valence-electron chi connectivity index (χ2n) is 10.5. The second-order valence-corrected chi connectivity index (χ2v) is 10.5. The summed E-state index contributed by atoms with van der Waals surface area (Å²) in [5, 5.41) is 14.2.